The van der Waals surface area contributed by atoms with Crippen LogP contribution in [0.2, 0.25) is 10.0 Å². The Labute approximate surface area is 153 Å². The van der Waals surface area contributed by atoms with Gasteiger partial charge in [-0.3, -0.25) is 4.79 Å². The molecular weight excluding hydrogens is 367 g/mol. The second kappa shape index (κ2) is 7.21. The predicted octanol–water partition coefficient (Wildman–Crippen LogP) is 6.19. The monoisotopic (exact) mass is 377 g/mol. The maximum Gasteiger partial charge on any atom is 0.258 e. The van der Waals surface area contributed by atoms with Gasteiger partial charge >= 0.3 is 0 Å². The van der Waals surface area contributed by atoms with Crippen molar-refractivity contribution in [3.05, 3.63) is 87.9 Å². The van der Waals surface area contributed by atoms with E-state index >= 15 is 0 Å². The smallest absolute Gasteiger partial charge is 0.258 e. The summed E-state index contributed by atoms with van der Waals surface area (Å²) in [4.78, 5) is 12.1. The number of carbonyl (C=O) groups excluding carboxylic acids is 1. The van der Waals surface area contributed by atoms with Crippen LogP contribution in [0.25, 0.3) is 11.1 Å². The Hall–Kier alpha value is -2.43. The summed E-state index contributed by atoms with van der Waals surface area (Å²) in [6.45, 7) is 0. The molecule has 0 bridgehead atoms. The lowest BCUT2D eigenvalue weighted by Crippen LogP contribution is -2.14. The summed E-state index contributed by atoms with van der Waals surface area (Å²) in [6.07, 6.45) is 0. The molecule has 0 aromatic heterocycles. The Bertz CT molecular complexity index is 960. The Morgan fingerprint density at radius 3 is 2.40 bits per heavy atom. The van der Waals surface area contributed by atoms with Crippen molar-refractivity contribution in [1.82, 2.24) is 0 Å². The zero-order valence-electron chi connectivity index (χ0n) is 12.7. The van der Waals surface area contributed by atoms with Crippen LogP contribution in [0.1, 0.15) is 10.4 Å². The molecule has 3 rings (SSSR count). The summed E-state index contributed by atoms with van der Waals surface area (Å²) in [5, 5.41) is 3.47. The lowest BCUT2D eigenvalue weighted by Gasteiger charge is -2.10. The quantitative estimate of drug-likeness (QED) is 0.579. The second-order valence-electron chi connectivity index (χ2n) is 5.26. The highest BCUT2D eigenvalue weighted by Gasteiger charge is 2.15. The topological polar surface area (TPSA) is 29.1 Å². The van der Waals surface area contributed by atoms with Crippen LogP contribution in [-0.2, 0) is 0 Å². The minimum atomic E-state index is -1.19. The number of rotatable bonds is 3. The summed E-state index contributed by atoms with van der Waals surface area (Å²) >= 11 is 12.3. The summed E-state index contributed by atoms with van der Waals surface area (Å²) in [5.41, 5.74) is 1.55. The molecule has 3 aromatic carbocycles. The minimum Gasteiger partial charge on any atom is -0.322 e. The molecule has 2 nitrogen and oxygen atoms in total. The van der Waals surface area contributed by atoms with Crippen molar-refractivity contribution < 1.29 is 13.6 Å². The maximum absolute atomic E-state index is 13.7. The molecule has 6 heteroatoms. The highest BCUT2D eigenvalue weighted by Crippen LogP contribution is 2.31. The van der Waals surface area contributed by atoms with Crippen LogP contribution < -0.4 is 5.32 Å². The number of carbonyl (C=O) groups is 1. The summed E-state index contributed by atoms with van der Waals surface area (Å²) in [6, 6.07) is 15.5. The largest absolute Gasteiger partial charge is 0.322 e. The lowest BCUT2D eigenvalue weighted by atomic mass is 10.1. The minimum absolute atomic E-state index is 0.365. The molecule has 0 saturated carbocycles. The van der Waals surface area contributed by atoms with Gasteiger partial charge in [-0.15, -0.1) is 0 Å². The van der Waals surface area contributed by atoms with Gasteiger partial charge in [0.1, 0.15) is 0 Å². The fraction of sp³-hybridized carbons (Fsp3) is 0. The van der Waals surface area contributed by atoms with Crippen molar-refractivity contribution in [2.75, 3.05) is 5.32 Å². The molecule has 0 unspecified atom stereocenters. The van der Waals surface area contributed by atoms with Crippen molar-refractivity contribution in [3.63, 3.8) is 0 Å². The van der Waals surface area contributed by atoms with Gasteiger partial charge in [-0.2, -0.15) is 0 Å². The average Bonchev–Trinajstić information content (AvgIpc) is 2.57. The van der Waals surface area contributed by atoms with Crippen molar-refractivity contribution in [1.29, 1.82) is 0 Å². The van der Waals surface area contributed by atoms with Crippen molar-refractivity contribution in [2.45, 2.75) is 0 Å². The lowest BCUT2D eigenvalue weighted by molar-refractivity contribution is 0.102. The van der Waals surface area contributed by atoms with Gasteiger partial charge in [-0.25, -0.2) is 8.78 Å². The number of hydrogen-bond acceptors (Lipinski definition) is 1. The SMILES string of the molecule is O=C(Nc1ccc(-c2cccc(Cl)c2)c(Cl)c1)c1cccc(F)c1F. The third kappa shape index (κ3) is 3.81. The van der Waals surface area contributed by atoms with Gasteiger partial charge in [0, 0.05) is 16.3 Å². The molecular formula is C19H11Cl2F2NO. The van der Waals surface area contributed by atoms with Gasteiger partial charge in [-0.05, 0) is 42.0 Å². The molecule has 1 amide bonds. The van der Waals surface area contributed by atoms with Crippen LogP contribution in [0.4, 0.5) is 14.5 Å². The van der Waals surface area contributed by atoms with E-state index in [0.717, 1.165) is 17.2 Å². The highest BCUT2D eigenvalue weighted by molar-refractivity contribution is 6.34. The number of anilines is 1. The van der Waals surface area contributed by atoms with Crippen molar-refractivity contribution in [2.24, 2.45) is 0 Å². The molecule has 0 spiro atoms. The van der Waals surface area contributed by atoms with Crippen LogP contribution in [0.3, 0.4) is 0 Å². The van der Waals surface area contributed by atoms with Gasteiger partial charge in [0.05, 0.1) is 10.6 Å². The van der Waals surface area contributed by atoms with E-state index < -0.39 is 17.5 Å². The summed E-state index contributed by atoms with van der Waals surface area (Å²) in [5.74, 6) is -3.03. The molecule has 1 N–H and O–H groups in total. The van der Waals surface area contributed by atoms with E-state index in [1.807, 2.05) is 6.07 Å². The molecule has 0 aliphatic rings. The van der Waals surface area contributed by atoms with Crippen molar-refractivity contribution >= 4 is 34.8 Å². The zero-order valence-corrected chi connectivity index (χ0v) is 14.2. The Balaban J connectivity index is 1.86. The van der Waals surface area contributed by atoms with Crippen LogP contribution in [0, 0.1) is 11.6 Å². The van der Waals surface area contributed by atoms with Gasteiger partial charge < -0.3 is 5.32 Å². The number of nitrogens with one attached hydrogen (secondary N) is 1. The molecule has 0 radical (unpaired) electrons. The zero-order chi connectivity index (χ0) is 18.0. The van der Waals surface area contributed by atoms with E-state index in [-0.39, 0.29) is 5.56 Å². The first-order valence-corrected chi connectivity index (χ1v) is 8.02. The standard InChI is InChI=1S/C19H11Cl2F2NO/c20-12-4-1-3-11(9-12)14-8-7-13(10-16(14)21)24-19(25)15-5-2-6-17(22)18(15)23/h1-10H,(H,24,25). The average molecular weight is 378 g/mol. The van der Waals surface area contributed by atoms with E-state index in [2.05, 4.69) is 5.32 Å². The van der Waals surface area contributed by atoms with E-state index in [1.54, 1.807) is 30.3 Å². The Kier molecular flexibility index (Phi) is 5.02. The number of halogens is 4. The molecule has 0 heterocycles. The van der Waals surface area contributed by atoms with Gasteiger partial charge in [0.25, 0.3) is 5.91 Å². The number of benzene rings is 3. The second-order valence-corrected chi connectivity index (χ2v) is 6.10. The van der Waals surface area contributed by atoms with E-state index in [4.69, 9.17) is 23.2 Å². The number of amides is 1. The highest BCUT2D eigenvalue weighted by atomic mass is 35.5. The molecule has 0 saturated heterocycles. The summed E-state index contributed by atoms with van der Waals surface area (Å²) < 4.78 is 26.9. The van der Waals surface area contributed by atoms with E-state index in [9.17, 15) is 13.6 Å². The molecule has 25 heavy (non-hydrogen) atoms. The van der Waals surface area contributed by atoms with Crippen LogP contribution in [0.5, 0.6) is 0 Å². The molecule has 126 valence electrons. The Morgan fingerprint density at radius 1 is 0.920 bits per heavy atom. The normalized spacial score (nSPS) is 10.6. The third-order valence-corrected chi connectivity index (χ3v) is 4.11. The van der Waals surface area contributed by atoms with Gasteiger partial charge in [-0.1, -0.05) is 47.5 Å². The van der Waals surface area contributed by atoms with Gasteiger partial charge in [0.2, 0.25) is 0 Å². The molecule has 3 aromatic rings. The molecule has 0 aliphatic heterocycles. The first-order chi connectivity index (χ1) is 12.0. The third-order valence-electron chi connectivity index (χ3n) is 3.56. The van der Waals surface area contributed by atoms with Crippen LogP contribution >= 0.6 is 23.2 Å². The predicted molar refractivity (Wildman–Crippen MR) is 96.2 cm³/mol. The maximum atomic E-state index is 13.7. The Morgan fingerprint density at radius 2 is 1.68 bits per heavy atom. The fourth-order valence-corrected chi connectivity index (χ4v) is 2.84. The first-order valence-electron chi connectivity index (χ1n) is 7.26. The van der Waals surface area contributed by atoms with Gasteiger partial charge in [0.15, 0.2) is 11.6 Å². The van der Waals surface area contributed by atoms with Crippen LogP contribution in [-0.4, -0.2) is 5.91 Å². The summed E-state index contributed by atoms with van der Waals surface area (Å²) in [7, 11) is 0. The van der Waals surface area contributed by atoms with Crippen molar-refractivity contribution in [3.8, 4) is 11.1 Å². The molecule has 0 fully saturated rings. The first kappa shape index (κ1) is 17.4. The van der Waals surface area contributed by atoms with E-state index in [1.165, 1.54) is 18.2 Å². The van der Waals surface area contributed by atoms with E-state index in [0.29, 0.717) is 15.7 Å². The molecule has 0 atom stereocenters. The fourth-order valence-electron chi connectivity index (χ4n) is 2.36. The molecule has 0 aliphatic carbocycles. The number of hydrogen-bond donors (Lipinski definition) is 1. The van der Waals surface area contributed by atoms with Crippen LogP contribution in [0.15, 0.2) is 60.7 Å².